The van der Waals surface area contributed by atoms with Gasteiger partial charge in [0.15, 0.2) is 19.8 Å². The first-order chi connectivity index (χ1) is 11.7. The van der Waals surface area contributed by atoms with Crippen LogP contribution in [-0.2, 0) is 9.16 Å². The Balaban J connectivity index is 1.72. The van der Waals surface area contributed by atoms with Crippen LogP contribution >= 0.6 is 0 Å². The van der Waals surface area contributed by atoms with Gasteiger partial charge in [0.05, 0.1) is 31.6 Å². The maximum atomic E-state index is 9.83. The minimum atomic E-state index is -1.85. The summed E-state index contributed by atoms with van der Waals surface area (Å²) in [6, 6.07) is 0. The summed E-state index contributed by atoms with van der Waals surface area (Å²) < 4.78 is 14.0. The zero-order valence-corrected chi connectivity index (χ0v) is 16.4. The maximum absolute atomic E-state index is 9.83. The molecule has 1 aliphatic rings. The van der Waals surface area contributed by atoms with Crippen molar-refractivity contribution in [1.29, 1.82) is 0 Å². The molecule has 0 bridgehead atoms. The van der Waals surface area contributed by atoms with Crippen LogP contribution in [0.25, 0.3) is 11.2 Å². The number of nitrogens with two attached hydrogens (primary N) is 1. The molecule has 9 heteroatoms. The number of aliphatic hydroxyl groups is 1. The van der Waals surface area contributed by atoms with E-state index >= 15 is 0 Å². The number of nitrogen functional groups attached to an aromatic ring is 1. The van der Waals surface area contributed by atoms with Crippen LogP contribution < -0.4 is 5.73 Å². The monoisotopic (exact) mass is 365 g/mol. The predicted molar refractivity (Wildman–Crippen MR) is 97.4 cm³/mol. The van der Waals surface area contributed by atoms with Gasteiger partial charge in [0.1, 0.15) is 18.1 Å². The highest BCUT2D eigenvalue weighted by molar-refractivity contribution is 6.74. The zero-order chi connectivity index (χ0) is 18.4. The standard InChI is InChI=1S/C16H27N5O3Si/c1-16(2,3)25(4,5)23-7-11-10(6-22)15(24-11)21-9-20-12-13(17)18-8-19-14(12)21/h8-11,15,22H,6-7H2,1-5H3,(H2,17,18,19)/t10-,11-,15-/m1/s1. The number of nitrogens with zero attached hydrogens (tertiary/aromatic N) is 4. The second-order valence-electron chi connectivity index (χ2n) is 8.07. The summed E-state index contributed by atoms with van der Waals surface area (Å²) in [6.45, 7) is 11.5. The third-order valence-electron chi connectivity index (χ3n) is 5.44. The lowest BCUT2D eigenvalue weighted by Gasteiger charge is -2.46. The first-order valence-corrected chi connectivity index (χ1v) is 11.4. The molecule has 2 aromatic rings. The molecule has 1 fully saturated rings. The fourth-order valence-corrected chi connectivity index (χ4v) is 3.69. The normalized spacial score (nSPS) is 24.5. The highest BCUT2D eigenvalue weighted by Gasteiger charge is 2.46. The van der Waals surface area contributed by atoms with Crippen LogP contribution in [0.2, 0.25) is 18.1 Å². The number of aliphatic hydroxyl groups excluding tert-OH is 1. The van der Waals surface area contributed by atoms with Crippen molar-refractivity contribution in [1.82, 2.24) is 19.5 Å². The van der Waals surface area contributed by atoms with Crippen LogP contribution in [0, 0.1) is 5.92 Å². The first kappa shape index (κ1) is 18.2. The predicted octanol–water partition coefficient (Wildman–Crippen LogP) is 1.94. The van der Waals surface area contributed by atoms with Crippen LogP contribution in [0.5, 0.6) is 0 Å². The average molecular weight is 366 g/mol. The molecule has 138 valence electrons. The molecule has 0 unspecified atom stereocenters. The number of ether oxygens (including phenoxy) is 1. The molecule has 0 aromatic carbocycles. The van der Waals surface area contributed by atoms with E-state index in [0.717, 1.165) is 0 Å². The van der Waals surface area contributed by atoms with E-state index in [2.05, 4.69) is 48.8 Å². The SMILES string of the molecule is CC(C)(C)[Si](C)(C)OC[C@H]1O[C@@H](n2cnc3c(N)ncnc32)[C@@H]1CO. The highest BCUT2D eigenvalue weighted by atomic mass is 28.4. The van der Waals surface area contributed by atoms with Crippen LogP contribution in [0.3, 0.4) is 0 Å². The molecular weight excluding hydrogens is 338 g/mol. The van der Waals surface area contributed by atoms with Crippen molar-refractivity contribution >= 4 is 25.3 Å². The van der Waals surface area contributed by atoms with E-state index in [1.54, 1.807) is 10.9 Å². The second kappa shape index (κ2) is 6.31. The Hall–Kier alpha value is -1.55. The molecule has 3 atom stereocenters. The fraction of sp³-hybridized carbons (Fsp3) is 0.688. The minimum absolute atomic E-state index is 0.0104. The van der Waals surface area contributed by atoms with E-state index in [4.69, 9.17) is 14.9 Å². The van der Waals surface area contributed by atoms with E-state index in [9.17, 15) is 5.11 Å². The smallest absolute Gasteiger partial charge is 0.192 e. The van der Waals surface area contributed by atoms with Crippen molar-refractivity contribution in [2.24, 2.45) is 5.92 Å². The van der Waals surface area contributed by atoms with Crippen molar-refractivity contribution in [3.05, 3.63) is 12.7 Å². The van der Waals surface area contributed by atoms with Gasteiger partial charge in [0.25, 0.3) is 0 Å². The summed E-state index contributed by atoms with van der Waals surface area (Å²) in [5.41, 5.74) is 6.98. The van der Waals surface area contributed by atoms with E-state index in [-0.39, 0.29) is 29.9 Å². The molecule has 2 aromatic heterocycles. The third kappa shape index (κ3) is 3.17. The van der Waals surface area contributed by atoms with Gasteiger partial charge >= 0.3 is 0 Å². The second-order valence-corrected chi connectivity index (χ2v) is 12.9. The van der Waals surface area contributed by atoms with Crippen LogP contribution in [0.4, 0.5) is 5.82 Å². The van der Waals surface area contributed by atoms with Gasteiger partial charge in [0.2, 0.25) is 0 Å². The average Bonchev–Trinajstić information content (AvgIpc) is 2.90. The number of aromatic nitrogens is 4. The van der Waals surface area contributed by atoms with Crippen LogP contribution in [0.1, 0.15) is 27.0 Å². The van der Waals surface area contributed by atoms with Gasteiger partial charge in [-0.3, -0.25) is 4.57 Å². The quantitative estimate of drug-likeness (QED) is 0.779. The molecule has 0 spiro atoms. The van der Waals surface area contributed by atoms with Gasteiger partial charge in [0, 0.05) is 0 Å². The van der Waals surface area contributed by atoms with Gasteiger partial charge in [-0.25, -0.2) is 15.0 Å². The first-order valence-electron chi connectivity index (χ1n) is 8.49. The number of anilines is 1. The summed E-state index contributed by atoms with van der Waals surface area (Å²) in [4.78, 5) is 12.4. The van der Waals surface area contributed by atoms with Crippen LogP contribution in [0.15, 0.2) is 12.7 Å². The number of imidazole rings is 1. The Kier molecular flexibility index (Phi) is 4.61. The highest BCUT2D eigenvalue weighted by Crippen LogP contribution is 2.41. The number of rotatable bonds is 5. The van der Waals surface area contributed by atoms with E-state index in [1.807, 2.05) is 0 Å². The van der Waals surface area contributed by atoms with Gasteiger partial charge in [-0.2, -0.15) is 0 Å². The number of fused-ring (bicyclic) bond motifs is 1. The molecule has 8 nitrogen and oxygen atoms in total. The topological polar surface area (TPSA) is 108 Å². The Morgan fingerprint density at radius 2 is 2.04 bits per heavy atom. The molecule has 25 heavy (non-hydrogen) atoms. The fourth-order valence-electron chi connectivity index (χ4n) is 2.68. The van der Waals surface area contributed by atoms with E-state index in [0.29, 0.717) is 23.6 Å². The van der Waals surface area contributed by atoms with Crippen LogP contribution in [-0.4, -0.2) is 52.3 Å². The molecule has 3 heterocycles. The third-order valence-corrected chi connectivity index (χ3v) is 9.95. The summed E-state index contributed by atoms with van der Waals surface area (Å²) in [5, 5.41) is 9.96. The van der Waals surface area contributed by atoms with Crippen molar-refractivity contribution in [2.75, 3.05) is 18.9 Å². The maximum Gasteiger partial charge on any atom is 0.192 e. The molecule has 0 saturated carbocycles. The molecule has 3 N–H and O–H groups in total. The van der Waals surface area contributed by atoms with Gasteiger partial charge < -0.3 is 20.0 Å². The van der Waals surface area contributed by atoms with E-state index < -0.39 is 8.32 Å². The summed E-state index contributed by atoms with van der Waals surface area (Å²) in [6.07, 6.45) is 2.58. The van der Waals surface area contributed by atoms with Crippen molar-refractivity contribution in [3.8, 4) is 0 Å². The molecular formula is C16H27N5O3Si. The molecule has 1 saturated heterocycles. The largest absolute Gasteiger partial charge is 0.414 e. The molecule has 0 radical (unpaired) electrons. The van der Waals surface area contributed by atoms with Gasteiger partial charge in [-0.1, -0.05) is 20.8 Å². The lowest BCUT2D eigenvalue weighted by molar-refractivity contribution is -0.242. The van der Waals surface area contributed by atoms with Crippen molar-refractivity contribution in [3.63, 3.8) is 0 Å². The van der Waals surface area contributed by atoms with Crippen molar-refractivity contribution < 1.29 is 14.3 Å². The minimum Gasteiger partial charge on any atom is -0.414 e. The number of hydrogen-bond acceptors (Lipinski definition) is 7. The Morgan fingerprint density at radius 3 is 2.68 bits per heavy atom. The lowest BCUT2D eigenvalue weighted by atomic mass is 9.95. The summed E-state index contributed by atoms with van der Waals surface area (Å²) in [5.74, 6) is 0.264. The zero-order valence-electron chi connectivity index (χ0n) is 15.4. The molecule has 3 rings (SSSR count). The Labute approximate surface area is 148 Å². The lowest BCUT2D eigenvalue weighted by Crippen LogP contribution is -2.52. The summed E-state index contributed by atoms with van der Waals surface area (Å²) >= 11 is 0. The molecule has 1 aliphatic heterocycles. The number of hydrogen-bond donors (Lipinski definition) is 2. The van der Waals surface area contributed by atoms with Crippen molar-refractivity contribution in [2.45, 2.75) is 51.2 Å². The van der Waals surface area contributed by atoms with Gasteiger partial charge in [-0.05, 0) is 18.1 Å². The Bertz CT molecular complexity index is 758. The molecule has 0 amide bonds. The molecule has 0 aliphatic carbocycles. The van der Waals surface area contributed by atoms with Gasteiger partial charge in [-0.15, -0.1) is 0 Å². The van der Waals surface area contributed by atoms with E-state index in [1.165, 1.54) is 6.33 Å². The Morgan fingerprint density at radius 1 is 1.32 bits per heavy atom. The summed E-state index contributed by atoms with van der Waals surface area (Å²) in [7, 11) is -1.85.